The van der Waals surface area contributed by atoms with Crippen LogP contribution in [-0.4, -0.2) is 44.4 Å². The Labute approximate surface area is 180 Å². The second-order valence-corrected chi connectivity index (χ2v) is 8.49. The number of fused-ring (bicyclic) bond motifs is 1. The molecule has 6 nitrogen and oxygen atoms in total. The van der Waals surface area contributed by atoms with Gasteiger partial charge in [-0.15, -0.1) is 0 Å². The van der Waals surface area contributed by atoms with Gasteiger partial charge in [-0.25, -0.2) is 4.98 Å². The molecular formula is C23H26N2O4S. The molecule has 0 bridgehead atoms. The zero-order valence-electron chi connectivity index (χ0n) is 17.7. The van der Waals surface area contributed by atoms with E-state index in [4.69, 9.17) is 19.2 Å². The lowest BCUT2D eigenvalue weighted by molar-refractivity contribution is 0.0917. The van der Waals surface area contributed by atoms with Crippen LogP contribution in [0.25, 0.3) is 10.2 Å². The van der Waals surface area contributed by atoms with Gasteiger partial charge < -0.3 is 14.2 Å². The van der Waals surface area contributed by atoms with Crippen molar-refractivity contribution in [3.8, 4) is 11.5 Å². The lowest BCUT2D eigenvalue weighted by atomic mass is 10.0. The number of ether oxygens (including phenoxy) is 3. The first-order valence-corrected chi connectivity index (χ1v) is 10.9. The summed E-state index contributed by atoms with van der Waals surface area (Å²) in [5.41, 5.74) is 3.46. The molecule has 1 atom stereocenters. The summed E-state index contributed by atoms with van der Waals surface area (Å²) in [7, 11) is 3.25. The summed E-state index contributed by atoms with van der Waals surface area (Å²) >= 11 is 1.43. The number of aryl methyl sites for hydroxylation is 2. The smallest absolute Gasteiger partial charge is 0.260 e. The second kappa shape index (κ2) is 8.62. The van der Waals surface area contributed by atoms with Crippen molar-refractivity contribution in [3.63, 3.8) is 0 Å². The predicted molar refractivity (Wildman–Crippen MR) is 119 cm³/mol. The largest absolute Gasteiger partial charge is 0.495 e. The molecule has 1 aromatic heterocycles. The van der Waals surface area contributed by atoms with Gasteiger partial charge in [0, 0.05) is 12.2 Å². The maximum Gasteiger partial charge on any atom is 0.260 e. The molecule has 3 aromatic rings. The quantitative estimate of drug-likeness (QED) is 0.569. The Morgan fingerprint density at radius 3 is 2.63 bits per heavy atom. The van der Waals surface area contributed by atoms with Crippen LogP contribution in [-0.2, 0) is 4.74 Å². The Kier molecular flexibility index (Phi) is 5.92. The van der Waals surface area contributed by atoms with E-state index in [2.05, 4.69) is 0 Å². The topological polar surface area (TPSA) is 60.9 Å². The van der Waals surface area contributed by atoms with Gasteiger partial charge in [-0.1, -0.05) is 29.0 Å². The lowest BCUT2D eigenvalue weighted by Crippen LogP contribution is -2.37. The van der Waals surface area contributed by atoms with E-state index in [0.717, 1.165) is 35.3 Å². The van der Waals surface area contributed by atoms with Crippen LogP contribution in [0.15, 0.2) is 30.3 Å². The van der Waals surface area contributed by atoms with E-state index in [9.17, 15) is 4.79 Å². The van der Waals surface area contributed by atoms with Gasteiger partial charge >= 0.3 is 0 Å². The van der Waals surface area contributed by atoms with E-state index in [1.807, 2.05) is 44.2 Å². The van der Waals surface area contributed by atoms with Crippen LogP contribution in [0, 0.1) is 13.8 Å². The number of aromatic nitrogens is 1. The normalized spacial score (nSPS) is 16.1. The number of carbonyl (C=O) groups excluding carboxylic acids is 1. The Bertz CT molecular complexity index is 1030. The van der Waals surface area contributed by atoms with Gasteiger partial charge in [-0.2, -0.15) is 0 Å². The number of hydrogen-bond donors (Lipinski definition) is 0. The van der Waals surface area contributed by atoms with Crippen LogP contribution >= 0.6 is 11.3 Å². The summed E-state index contributed by atoms with van der Waals surface area (Å²) in [5.74, 6) is 1.30. The molecule has 1 fully saturated rings. The van der Waals surface area contributed by atoms with E-state index in [1.54, 1.807) is 19.1 Å². The average molecular weight is 427 g/mol. The highest BCUT2D eigenvalue weighted by Gasteiger charge is 2.28. The SMILES string of the molecule is COc1ccc(OC)c2sc(N(CC3CCCO3)C(=O)c3ccc(C)cc3C)nc12. The maximum absolute atomic E-state index is 13.6. The molecule has 4 rings (SSSR count). The standard InChI is InChI=1S/C23H26N2O4S/c1-14-7-8-17(15(2)12-14)22(26)25(13-16-6-5-11-29-16)23-24-20-18(27-3)9-10-19(28-4)21(20)30-23/h7-10,12,16H,5-6,11,13H2,1-4H3. The number of anilines is 1. The number of rotatable bonds is 6. The molecule has 7 heteroatoms. The van der Waals surface area contributed by atoms with Gasteiger partial charge in [-0.3, -0.25) is 9.69 Å². The van der Waals surface area contributed by atoms with Crippen LogP contribution < -0.4 is 14.4 Å². The molecule has 0 spiro atoms. The first kappa shape index (κ1) is 20.6. The Morgan fingerprint density at radius 2 is 1.97 bits per heavy atom. The van der Waals surface area contributed by atoms with Crippen molar-refractivity contribution in [1.29, 1.82) is 0 Å². The van der Waals surface area contributed by atoms with Gasteiger partial charge in [0.15, 0.2) is 5.13 Å². The van der Waals surface area contributed by atoms with Gasteiger partial charge in [0.2, 0.25) is 0 Å². The summed E-state index contributed by atoms with van der Waals surface area (Å²) in [5, 5.41) is 0.619. The molecule has 1 amide bonds. The van der Waals surface area contributed by atoms with Crippen molar-refractivity contribution in [1.82, 2.24) is 4.98 Å². The van der Waals surface area contributed by atoms with Gasteiger partial charge in [-0.05, 0) is 50.5 Å². The fourth-order valence-corrected chi connectivity index (χ4v) is 4.91. The van der Waals surface area contributed by atoms with E-state index in [0.29, 0.717) is 34.3 Å². The average Bonchev–Trinajstić information content (AvgIpc) is 3.40. The third-order valence-electron chi connectivity index (χ3n) is 5.40. The fraction of sp³-hybridized carbons (Fsp3) is 0.391. The molecule has 2 aromatic carbocycles. The van der Waals surface area contributed by atoms with E-state index >= 15 is 0 Å². The molecule has 0 aliphatic carbocycles. The Balaban J connectivity index is 1.80. The Hall–Kier alpha value is -2.64. The van der Waals surface area contributed by atoms with Crippen LogP contribution in [0.4, 0.5) is 5.13 Å². The van der Waals surface area contributed by atoms with E-state index < -0.39 is 0 Å². The number of thiazole rings is 1. The van der Waals surface area contributed by atoms with Crippen LogP contribution in [0.1, 0.15) is 34.3 Å². The number of amides is 1. The monoisotopic (exact) mass is 426 g/mol. The molecule has 158 valence electrons. The minimum Gasteiger partial charge on any atom is -0.495 e. The van der Waals surface area contributed by atoms with Crippen LogP contribution in [0.5, 0.6) is 11.5 Å². The summed E-state index contributed by atoms with van der Waals surface area (Å²) in [6.45, 7) is 5.20. The highest BCUT2D eigenvalue weighted by atomic mass is 32.1. The van der Waals surface area contributed by atoms with Gasteiger partial charge in [0.25, 0.3) is 5.91 Å². The Morgan fingerprint density at radius 1 is 1.20 bits per heavy atom. The fourth-order valence-electron chi connectivity index (χ4n) is 3.83. The number of hydrogen-bond acceptors (Lipinski definition) is 6. The van der Waals surface area contributed by atoms with Crippen molar-refractivity contribution in [2.75, 3.05) is 32.3 Å². The van der Waals surface area contributed by atoms with Crippen molar-refractivity contribution in [2.24, 2.45) is 0 Å². The highest BCUT2D eigenvalue weighted by molar-refractivity contribution is 7.22. The molecule has 1 saturated heterocycles. The molecule has 0 radical (unpaired) electrons. The second-order valence-electron chi connectivity index (χ2n) is 7.51. The third kappa shape index (κ3) is 3.87. The number of nitrogens with zero attached hydrogens (tertiary/aromatic N) is 2. The van der Waals surface area contributed by atoms with Gasteiger partial charge in [0.05, 0.1) is 26.9 Å². The summed E-state index contributed by atoms with van der Waals surface area (Å²) < 4.78 is 17.7. The molecule has 1 unspecified atom stereocenters. The molecule has 0 saturated carbocycles. The lowest BCUT2D eigenvalue weighted by Gasteiger charge is -2.24. The molecule has 1 aliphatic rings. The van der Waals surface area contributed by atoms with Crippen LogP contribution in [0.2, 0.25) is 0 Å². The zero-order valence-corrected chi connectivity index (χ0v) is 18.5. The van der Waals surface area contributed by atoms with Crippen molar-refractivity contribution < 1.29 is 19.0 Å². The first-order chi connectivity index (χ1) is 14.5. The maximum atomic E-state index is 13.6. The number of methoxy groups -OCH3 is 2. The zero-order chi connectivity index (χ0) is 21.3. The van der Waals surface area contributed by atoms with E-state index in [1.165, 1.54) is 11.3 Å². The van der Waals surface area contributed by atoms with Crippen LogP contribution in [0.3, 0.4) is 0 Å². The molecule has 0 N–H and O–H groups in total. The molecule has 1 aliphatic heterocycles. The minimum atomic E-state index is -0.0695. The summed E-state index contributed by atoms with van der Waals surface area (Å²) in [6, 6.07) is 9.58. The first-order valence-electron chi connectivity index (χ1n) is 10.0. The third-order valence-corrected chi connectivity index (χ3v) is 6.49. The number of benzene rings is 2. The number of carbonyl (C=O) groups is 1. The van der Waals surface area contributed by atoms with Crippen molar-refractivity contribution >= 4 is 32.6 Å². The van der Waals surface area contributed by atoms with E-state index in [-0.39, 0.29) is 12.0 Å². The van der Waals surface area contributed by atoms with Crippen molar-refractivity contribution in [3.05, 3.63) is 47.0 Å². The molecule has 30 heavy (non-hydrogen) atoms. The summed E-state index contributed by atoms with van der Waals surface area (Å²) in [4.78, 5) is 20.2. The minimum absolute atomic E-state index is 0.00973. The summed E-state index contributed by atoms with van der Waals surface area (Å²) in [6.07, 6.45) is 1.96. The van der Waals surface area contributed by atoms with Gasteiger partial charge in [0.1, 0.15) is 21.7 Å². The predicted octanol–water partition coefficient (Wildman–Crippen LogP) is 4.76. The van der Waals surface area contributed by atoms with Crippen molar-refractivity contribution in [2.45, 2.75) is 32.8 Å². The molecule has 2 heterocycles. The molecular weight excluding hydrogens is 400 g/mol. The highest BCUT2D eigenvalue weighted by Crippen LogP contribution is 2.40.